The van der Waals surface area contributed by atoms with Gasteiger partial charge < -0.3 is 4.74 Å². The van der Waals surface area contributed by atoms with Gasteiger partial charge in [0, 0.05) is 37.6 Å². The second kappa shape index (κ2) is 6.26. The molecule has 0 unspecified atom stereocenters. The minimum Gasteiger partial charge on any atom is -0.492 e. The van der Waals surface area contributed by atoms with Crippen molar-refractivity contribution in [2.24, 2.45) is 0 Å². The summed E-state index contributed by atoms with van der Waals surface area (Å²) in [4.78, 5) is 2.42. The lowest BCUT2D eigenvalue weighted by molar-refractivity contribution is 0.219. The van der Waals surface area contributed by atoms with Crippen LogP contribution in [0.4, 0.5) is 0 Å². The summed E-state index contributed by atoms with van der Waals surface area (Å²) < 4.78 is 7.79. The summed E-state index contributed by atoms with van der Waals surface area (Å²) in [5, 5.41) is 4.37. The highest BCUT2D eigenvalue weighted by Crippen LogP contribution is 2.24. The molecule has 0 saturated heterocycles. The lowest BCUT2D eigenvalue weighted by atomic mass is 10.1. The fraction of sp³-hybridized carbons (Fsp3) is 0.211. The first-order valence-electron chi connectivity index (χ1n) is 7.91. The van der Waals surface area contributed by atoms with Gasteiger partial charge in [-0.2, -0.15) is 5.10 Å². The minimum absolute atomic E-state index is 0.723. The fourth-order valence-corrected chi connectivity index (χ4v) is 3.04. The Balaban J connectivity index is 1.59. The Hall–Kier alpha value is -2.59. The molecular weight excluding hydrogens is 286 g/mol. The molecule has 0 N–H and O–H groups in total. The molecule has 1 aliphatic heterocycles. The Labute approximate surface area is 135 Å². The topological polar surface area (TPSA) is 30.3 Å². The highest BCUT2D eigenvalue weighted by molar-refractivity contribution is 5.40. The summed E-state index contributed by atoms with van der Waals surface area (Å²) >= 11 is 0. The molecule has 1 aliphatic rings. The maximum Gasteiger partial charge on any atom is 0.123 e. The molecule has 0 atom stereocenters. The van der Waals surface area contributed by atoms with E-state index in [1.54, 1.807) is 0 Å². The van der Waals surface area contributed by atoms with Crippen molar-refractivity contribution in [3.05, 3.63) is 78.1 Å². The smallest absolute Gasteiger partial charge is 0.123 e. The van der Waals surface area contributed by atoms with Crippen molar-refractivity contribution in [2.45, 2.75) is 13.1 Å². The van der Waals surface area contributed by atoms with Gasteiger partial charge in [-0.25, -0.2) is 4.68 Å². The summed E-state index contributed by atoms with van der Waals surface area (Å²) in [6.07, 6.45) is 3.80. The zero-order chi connectivity index (χ0) is 15.5. The van der Waals surface area contributed by atoms with E-state index in [1.165, 1.54) is 11.1 Å². The van der Waals surface area contributed by atoms with Gasteiger partial charge >= 0.3 is 0 Å². The molecule has 0 radical (unpaired) electrons. The van der Waals surface area contributed by atoms with Crippen molar-refractivity contribution in [3.63, 3.8) is 0 Å². The number of ether oxygens (including phenoxy) is 1. The molecule has 0 bridgehead atoms. The van der Waals surface area contributed by atoms with E-state index in [0.717, 1.165) is 37.7 Å². The highest BCUT2D eigenvalue weighted by Gasteiger charge is 2.16. The molecule has 0 amide bonds. The zero-order valence-electron chi connectivity index (χ0n) is 12.9. The molecular formula is C19H19N3O. The van der Waals surface area contributed by atoms with Crippen LogP contribution in [0.25, 0.3) is 5.69 Å². The summed E-state index contributed by atoms with van der Waals surface area (Å²) in [6.45, 7) is 3.43. The Morgan fingerprint density at radius 1 is 1.00 bits per heavy atom. The number of nitrogens with zero attached hydrogens (tertiary/aromatic N) is 3. The van der Waals surface area contributed by atoms with Crippen molar-refractivity contribution in [1.82, 2.24) is 14.7 Å². The van der Waals surface area contributed by atoms with Gasteiger partial charge in [0.15, 0.2) is 0 Å². The number of fused-ring (bicyclic) bond motifs is 1. The Bertz CT molecular complexity index is 783. The summed E-state index contributed by atoms with van der Waals surface area (Å²) in [7, 11) is 0. The lowest BCUT2D eigenvalue weighted by Crippen LogP contribution is -2.25. The van der Waals surface area contributed by atoms with Crippen LogP contribution in [-0.4, -0.2) is 27.8 Å². The van der Waals surface area contributed by atoms with Gasteiger partial charge in [0.25, 0.3) is 0 Å². The molecule has 23 heavy (non-hydrogen) atoms. The molecule has 2 aromatic carbocycles. The van der Waals surface area contributed by atoms with Crippen LogP contribution in [0.1, 0.15) is 11.1 Å². The van der Waals surface area contributed by atoms with Crippen molar-refractivity contribution in [3.8, 4) is 11.4 Å². The van der Waals surface area contributed by atoms with E-state index in [1.807, 2.05) is 29.2 Å². The largest absolute Gasteiger partial charge is 0.492 e. The van der Waals surface area contributed by atoms with Crippen LogP contribution in [0.5, 0.6) is 5.75 Å². The van der Waals surface area contributed by atoms with Crippen LogP contribution in [0.2, 0.25) is 0 Å². The number of aromatic nitrogens is 2. The first kappa shape index (κ1) is 14.0. The highest BCUT2D eigenvalue weighted by atomic mass is 16.5. The second-order valence-electron chi connectivity index (χ2n) is 5.75. The molecule has 0 aliphatic carbocycles. The number of benzene rings is 2. The van der Waals surface area contributed by atoms with Crippen molar-refractivity contribution in [1.29, 1.82) is 0 Å². The van der Waals surface area contributed by atoms with Crippen molar-refractivity contribution in [2.75, 3.05) is 13.2 Å². The van der Waals surface area contributed by atoms with Gasteiger partial charge in [0.1, 0.15) is 12.4 Å². The molecule has 4 heteroatoms. The molecule has 4 rings (SSSR count). The lowest BCUT2D eigenvalue weighted by Gasteiger charge is -2.21. The van der Waals surface area contributed by atoms with Crippen LogP contribution in [-0.2, 0) is 13.1 Å². The normalized spacial score (nSPS) is 14.8. The second-order valence-corrected chi connectivity index (χ2v) is 5.75. The van der Waals surface area contributed by atoms with Gasteiger partial charge in [-0.05, 0) is 23.8 Å². The quantitative estimate of drug-likeness (QED) is 0.744. The van der Waals surface area contributed by atoms with Crippen LogP contribution >= 0.6 is 0 Å². The monoisotopic (exact) mass is 305 g/mol. The Morgan fingerprint density at radius 2 is 1.87 bits per heavy atom. The van der Waals surface area contributed by atoms with E-state index >= 15 is 0 Å². The van der Waals surface area contributed by atoms with E-state index in [2.05, 4.69) is 52.5 Å². The SMILES string of the molecule is c1ccc2c(c1)CN(Cc1ccccc1-n1cccn1)CCO2. The third kappa shape index (κ3) is 2.98. The van der Waals surface area contributed by atoms with E-state index < -0.39 is 0 Å². The predicted molar refractivity (Wildman–Crippen MR) is 89.6 cm³/mol. The third-order valence-corrected chi connectivity index (χ3v) is 4.17. The van der Waals surface area contributed by atoms with Crippen LogP contribution in [0, 0.1) is 0 Å². The molecule has 0 saturated carbocycles. The van der Waals surface area contributed by atoms with Gasteiger partial charge in [-0.3, -0.25) is 4.90 Å². The molecule has 4 nitrogen and oxygen atoms in total. The van der Waals surface area contributed by atoms with Crippen LogP contribution in [0.15, 0.2) is 67.0 Å². The number of para-hydroxylation sites is 2. The maximum absolute atomic E-state index is 5.86. The maximum atomic E-state index is 5.86. The molecule has 0 spiro atoms. The summed E-state index contributed by atoms with van der Waals surface area (Å²) in [5.41, 5.74) is 3.66. The van der Waals surface area contributed by atoms with Crippen molar-refractivity contribution < 1.29 is 4.74 Å². The van der Waals surface area contributed by atoms with E-state index in [4.69, 9.17) is 4.74 Å². The van der Waals surface area contributed by atoms with E-state index in [9.17, 15) is 0 Å². The van der Waals surface area contributed by atoms with E-state index in [0.29, 0.717) is 0 Å². The van der Waals surface area contributed by atoms with Gasteiger partial charge in [0.05, 0.1) is 5.69 Å². The first-order valence-corrected chi connectivity index (χ1v) is 7.91. The molecule has 2 heterocycles. The minimum atomic E-state index is 0.723. The standard InChI is InChI=1S/C19H19N3O/c1-3-8-18(22-11-5-10-20-22)16(6-1)14-21-12-13-23-19-9-4-2-7-17(19)15-21/h1-11H,12-15H2. The first-order chi connectivity index (χ1) is 11.4. The molecule has 116 valence electrons. The Kier molecular flexibility index (Phi) is 3.82. The average Bonchev–Trinajstić information content (AvgIpc) is 3.03. The van der Waals surface area contributed by atoms with E-state index in [-0.39, 0.29) is 0 Å². The average molecular weight is 305 g/mol. The number of hydrogen-bond donors (Lipinski definition) is 0. The third-order valence-electron chi connectivity index (χ3n) is 4.17. The van der Waals surface area contributed by atoms with Gasteiger partial charge in [-0.15, -0.1) is 0 Å². The molecule has 0 fully saturated rings. The summed E-state index contributed by atoms with van der Waals surface area (Å²) in [6, 6.07) is 18.7. The summed E-state index contributed by atoms with van der Waals surface area (Å²) in [5.74, 6) is 1.01. The van der Waals surface area contributed by atoms with Crippen molar-refractivity contribution >= 4 is 0 Å². The Morgan fingerprint density at radius 3 is 2.78 bits per heavy atom. The van der Waals surface area contributed by atoms with Gasteiger partial charge in [0.2, 0.25) is 0 Å². The van der Waals surface area contributed by atoms with Gasteiger partial charge in [-0.1, -0.05) is 36.4 Å². The molecule has 1 aromatic heterocycles. The number of hydrogen-bond acceptors (Lipinski definition) is 3. The van der Waals surface area contributed by atoms with Crippen LogP contribution < -0.4 is 4.74 Å². The van der Waals surface area contributed by atoms with Crippen LogP contribution in [0.3, 0.4) is 0 Å². The predicted octanol–water partition coefficient (Wildman–Crippen LogP) is 3.27. The zero-order valence-corrected chi connectivity index (χ0v) is 12.9. The number of rotatable bonds is 3. The molecule has 3 aromatic rings. The fourth-order valence-electron chi connectivity index (χ4n) is 3.04.